The van der Waals surface area contributed by atoms with E-state index < -0.39 is 0 Å². The lowest BCUT2D eigenvalue weighted by molar-refractivity contribution is -0.136. The number of nitrogens with one attached hydrogen (secondary N) is 1. The standard InChI is InChI=1S/C7H12N2O3/c1-11-7(10)6-3-2-5(9-6)4-12-8/h3,5,9H,2,4,8H2,1H3. The van der Waals surface area contributed by atoms with Crippen LogP contribution in [0.4, 0.5) is 0 Å². The molecule has 12 heavy (non-hydrogen) atoms. The van der Waals surface area contributed by atoms with Gasteiger partial charge in [-0.05, 0) is 6.42 Å². The van der Waals surface area contributed by atoms with Crippen molar-refractivity contribution < 1.29 is 14.4 Å². The van der Waals surface area contributed by atoms with E-state index in [4.69, 9.17) is 5.90 Å². The van der Waals surface area contributed by atoms with E-state index in [0.29, 0.717) is 12.3 Å². The van der Waals surface area contributed by atoms with Crippen LogP contribution in [0.1, 0.15) is 6.42 Å². The normalized spacial score (nSPS) is 21.5. The van der Waals surface area contributed by atoms with Gasteiger partial charge in [0.1, 0.15) is 5.70 Å². The highest BCUT2D eigenvalue weighted by Crippen LogP contribution is 2.09. The molecule has 1 aliphatic rings. The van der Waals surface area contributed by atoms with Crippen LogP contribution in [0.2, 0.25) is 0 Å². The van der Waals surface area contributed by atoms with Gasteiger partial charge < -0.3 is 14.9 Å². The molecular weight excluding hydrogens is 160 g/mol. The van der Waals surface area contributed by atoms with Gasteiger partial charge in [-0.15, -0.1) is 0 Å². The van der Waals surface area contributed by atoms with Gasteiger partial charge in [-0.1, -0.05) is 6.08 Å². The third-order valence-corrected chi connectivity index (χ3v) is 1.67. The minimum Gasteiger partial charge on any atom is -0.464 e. The van der Waals surface area contributed by atoms with E-state index >= 15 is 0 Å². The van der Waals surface area contributed by atoms with E-state index in [1.54, 1.807) is 6.08 Å². The summed E-state index contributed by atoms with van der Waals surface area (Å²) in [4.78, 5) is 15.4. The van der Waals surface area contributed by atoms with Crippen LogP contribution in [0, 0.1) is 0 Å². The Bertz CT molecular complexity index is 203. The van der Waals surface area contributed by atoms with Crippen LogP contribution in [0.15, 0.2) is 11.8 Å². The minimum absolute atomic E-state index is 0.0871. The third kappa shape index (κ3) is 1.96. The molecule has 0 bridgehead atoms. The van der Waals surface area contributed by atoms with E-state index in [-0.39, 0.29) is 12.0 Å². The van der Waals surface area contributed by atoms with Crippen molar-refractivity contribution in [1.29, 1.82) is 0 Å². The number of esters is 1. The molecule has 0 radical (unpaired) electrons. The molecule has 0 aromatic rings. The average Bonchev–Trinajstić information content (AvgIpc) is 2.52. The van der Waals surface area contributed by atoms with Crippen LogP contribution >= 0.6 is 0 Å². The molecule has 0 saturated heterocycles. The van der Waals surface area contributed by atoms with Gasteiger partial charge in [0.15, 0.2) is 0 Å². The van der Waals surface area contributed by atoms with E-state index in [1.165, 1.54) is 7.11 Å². The van der Waals surface area contributed by atoms with Crippen LogP contribution in [-0.2, 0) is 14.4 Å². The summed E-state index contributed by atoms with van der Waals surface area (Å²) in [6.45, 7) is 0.386. The zero-order valence-electron chi connectivity index (χ0n) is 6.87. The van der Waals surface area contributed by atoms with Gasteiger partial charge >= 0.3 is 5.97 Å². The Morgan fingerprint density at radius 2 is 2.67 bits per heavy atom. The summed E-state index contributed by atoms with van der Waals surface area (Å²) in [7, 11) is 1.34. The lowest BCUT2D eigenvalue weighted by Gasteiger charge is -2.10. The summed E-state index contributed by atoms with van der Waals surface area (Å²) >= 11 is 0. The van der Waals surface area contributed by atoms with Crippen molar-refractivity contribution in [2.24, 2.45) is 5.90 Å². The number of carbonyl (C=O) groups is 1. The first-order valence-corrected chi connectivity index (χ1v) is 3.64. The highest BCUT2D eigenvalue weighted by Gasteiger charge is 2.20. The Labute approximate surface area is 70.5 Å². The number of nitrogens with two attached hydrogens (primary N) is 1. The molecule has 0 aromatic heterocycles. The number of rotatable bonds is 3. The van der Waals surface area contributed by atoms with Crippen molar-refractivity contribution in [2.75, 3.05) is 13.7 Å². The molecule has 5 nitrogen and oxygen atoms in total. The van der Waals surface area contributed by atoms with Gasteiger partial charge in [-0.3, -0.25) is 0 Å². The van der Waals surface area contributed by atoms with Crippen molar-refractivity contribution in [2.45, 2.75) is 12.5 Å². The maximum atomic E-state index is 10.9. The first-order valence-electron chi connectivity index (χ1n) is 3.64. The van der Waals surface area contributed by atoms with Crippen LogP contribution in [-0.4, -0.2) is 25.7 Å². The van der Waals surface area contributed by atoms with Gasteiger partial charge in [0, 0.05) is 0 Å². The fraction of sp³-hybridized carbons (Fsp3) is 0.571. The van der Waals surface area contributed by atoms with E-state index in [9.17, 15) is 4.79 Å². The number of hydrogen-bond donors (Lipinski definition) is 2. The highest BCUT2D eigenvalue weighted by molar-refractivity contribution is 5.88. The van der Waals surface area contributed by atoms with Crippen LogP contribution in [0.3, 0.4) is 0 Å². The van der Waals surface area contributed by atoms with Crippen LogP contribution < -0.4 is 11.2 Å². The average molecular weight is 172 g/mol. The first-order chi connectivity index (χ1) is 5.77. The molecule has 1 rings (SSSR count). The zero-order chi connectivity index (χ0) is 8.97. The predicted molar refractivity (Wildman–Crippen MR) is 41.8 cm³/mol. The first kappa shape index (κ1) is 9.02. The smallest absolute Gasteiger partial charge is 0.353 e. The van der Waals surface area contributed by atoms with Crippen molar-refractivity contribution in [3.8, 4) is 0 Å². The summed E-state index contributed by atoms with van der Waals surface area (Å²) in [5, 5.41) is 2.92. The zero-order valence-corrected chi connectivity index (χ0v) is 6.87. The Morgan fingerprint density at radius 1 is 1.92 bits per heavy atom. The van der Waals surface area contributed by atoms with E-state index in [2.05, 4.69) is 14.9 Å². The second-order valence-corrected chi connectivity index (χ2v) is 2.52. The van der Waals surface area contributed by atoms with Gasteiger partial charge in [0.05, 0.1) is 19.8 Å². The lowest BCUT2D eigenvalue weighted by Crippen LogP contribution is -2.31. The molecule has 0 aliphatic carbocycles. The van der Waals surface area contributed by atoms with Crippen molar-refractivity contribution in [3.05, 3.63) is 11.8 Å². The van der Waals surface area contributed by atoms with Crippen LogP contribution in [0.5, 0.6) is 0 Å². The molecule has 1 atom stereocenters. The molecule has 0 spiro atoms. The molecule has 1 heterocycles. The Hall–Kier alpha value is -1.07. The monoisotopic (exact) mass is 172 g/mol. The molecule has 3 N–H and O–H groups in total. The summed E-state index contributed by atoms with van der Waals surface area (Å²) in [5.41, 5.74) is 0.486. The second-order valence-electron chi connectivity index (χ2n) is 2.52. The van der Waals surface area contributed by atoms with Crippen molar-refractivity contribution >= 4 is 5.97 Å². The van der Waals surface area contributed by atoms with Gasteiger partial charge in [-0.25, -0.2) is 10.7 Å². The molecule has 0 aromatic carbocycles. The topological polar surface area (TPSA) is 73.6 Å². The molecule has 1 aliphatic heterocycles. The number of hydrogen-bond acceptors (Lipinski definition) is 5. The molecule has 5 heteroatoms. The largest absolute Gasteiger partial charge is 0.464 e. The SMILES string of the molecule is COC(=O)C1=CCC(CON)N1. The minimum atomic E-state index is -0.352. The van der Waals surface area contributed by atoms with E-state index in [1.807, 2.05) is 0 Å². The Balaban J connectivity index is 2.38. The quantitative estimate of drug-likeness (QED) is 0.435. The Kier molecular flexibility index (Phi) is 3.07. The molecular formula is C7H12N2O3. The maximum Gasteiger partial charge on any atom is 0.353 e. The molecule has 0 amide bonds. The maximum absolute atomic E-state index is 10.9. The number of methoxy groups -OCH3 is 1. The van der Waals surface area contributed by atoms with Gasteiger partial charge in [-0.2, -0.15) is 0 Å². The van der Waals surface area contributed by atoms with Crippen molar-refractivity contribution in [3.63, 3.8) is 0 Å². The summed E-state index contributed by atoms with van der Waals surface area (Å²) < 4.78 is 4.52. The summed E-state index contributed by atoms with van der Waals surface area (Å²) in [6, 6.07) is 0.0871. The van der Waals surface area contributed by atoms with E-state index in [0.717, 1.165) is 6.42 Å². The van der Waals surface area contributed by atoms with Crippen LogP contribution in [0.25, 0.3) is 0 Å². The number of ether oxygens (including phenoxy) is 1. The van der Waals surface area contributed by atoms with Gasteiger partial charge in [0.2, 0.25) is 0 Å². The highest BCUT2D eigenvalue weighted by atomic mass is 16.6. The second kappa shape index (κ2) is 4.08. The molecule has 0 fully saturated rings. The fourth-order valence-corrected chi connectivity index (χ4v) is 1.08. The van der Waals surface area contributed by atoms with Gasteiger partial charge in [0.25, 0.3) is 0 Å². The molecule has 68 valence electrons. The fourth-order valence-electron chi connectivity index (χ4n) is 1.08. The third-order valence-electron chi connectivity index (χ3n) is 1.67. The summed E-state index contributed by atoms with van der Waals surface area (Å²) in [5.74, 6) is 4.53. The predicted octanol–water partition coefficient (Wildman–Crippen LogP) is -0.704. The Morgan fingerprint density at radius 3 is 3.25 bits per heavy atom. The lowest BCUT2D eigenvalue weighted by atomic mass is 10.3. The van der Waals surface area contributed by atoms with Crippen molar-refractivity contribution in [1.82, 2.24) is 5.32 Å². The number of carbonyl (C=O) groups excluding carboxylic acids is 1. The summed E-state index contributed by atoms with van der Waals surface area (Å²) in [6.07, 6.45) is 2.51. The molecule has 0 saturated carbocycles. The molecule has 1 unspecified atom stereocenters.